The first-order chi connectivity index (χ1) is 10.1. The van der Waals surface area contributed by atoms with Gasteiger partial charge in [-0.1, -0.05) is 18.5 Å². The van der Waals surface area contributed by atoms with E-state index in [0.717, 1.165) is 6.54 Å². The second kappa shape index (κ2) is 7.61. The summed E-state index contributed by atoms with van der Waals surface area (Å²) in [4.78, 5) is 18.7. The maximum Gasteiger partial charge on any atom is 0.251 e. The van der Waals surface area contributed by atoms with E-state index in [0.29, 0.717) is 29.0 Å². The molecule has 116 valence electrons. The van der Waals surface area contributed by atoms with Crippen LogP contribution in [-0.2, 0) is 0 Å². The number of rotatable bonds is 6. The molecule has 1 aliphatic rings. The summed E-state index contributed by atoms with van der Waals surface area (Å²) in [6.07, 6.45) is 2.59. The highest BCUT2D eigenvalue weighted by atomic mass is 35.5. The standard InChI is InChI=1S/C15H23ClN4O/c1-11(10-20-5-3-4-6-20)9-18-15(21)12-7-13(16)19-14(8-12)17-2/h7-8,11H,3-6,9-10H2,1-2H3,(H,17,19)(H,18,21). The molecule has 0 saturated carbocycles. The summed E-state index contributed by atoms with van der Waals surface area (Å²) < 4.78 is 0. The Kier molecular flexibility index (Phi) is 5.82. The molecule has 1 fully saturated rings. The zero-order valence-electron chi connectivity index (χ0n) is 12.7. The van der Waals surface area contributed by atoms with Crippen LogP contribution < -0.4 is 10.6 Å². The molecular weight excluding hydrogens is 288 g/mol. The Labute approximate surface area is 131 Å². The van der Waals surface area contributed by atoms with Crippen molar-refractivity contribution >= 4 is 23.3 Å². The topological polar surface area (TPSA) is 57.3 Å². The molecule has 0 spiro atoms. The lowest BCUT2D eigenvalue weighted by molar-refractivity contribution is 0.0945. The molecule has 1 atom stereocenters. The third-order valence-electron chi connectivity index (χ3n) is 3.69. The number of hydrogen-bond acceptors (Lipinski definition) is 4. The quantitative estimate of drug-likeness (QED) is 0.791. The molecule has 1 unspecified atom stereocenters. The average molecular weight is 311 g/mol. The van der Waals surface area contributed by atoms with Crippen molar-refractivity contribution < 1.29 is 4.79 Å². The summed E-state index contributed by atoms with van der Waals surface area (Å²) in [5.41, 5.74) is 0.535. The van der Waals surface area contributed by atoms with Crippen molar-refractivity contribution in [2.24, 2.45) is 5.92 Å². The molecule has 2 heterocycles. The van der Waals surface area contributed by atoms with Crippen LogP contribution in [0.4, 0.5) is 5.82 Å². The van der Waals surface area contributed by atoms with Crippen LogP contribution in [0.5, 0.6) is 0 Å². The van der Waals surface area contributed by atoms with E-state index in [4.69, 9.17) is 11.6 Å². The second-order valence-corrected chi connectivity index (χ2v) is 6.02. The van der Waals surface area contributed by atoms with Crippen molar-refractivity contribution in [1.29, 1.82) is 0 Å². The molecule has 1 saturated heterocycles. The fourth-order valence-electron chi connectivity index (χ4n) is 2.60. The summed E-state index contributed by atoms with van der Waals surface area (Å²) in [5, 5.41) is 6.18. The van der Waals surface area contributed by atoms with Crippen molar-refractivity contribution in [2.75, 3.05) is 38.5 Å². The molecule has 0 radical (unpaired) electrons. The van der Waals surface area contributed by atoms with Gasteiger partial charge in [0.25, 0.3) is 5.91 Å². The SMILES string of the molecule is CNc1cc(C(=O)NCC(C)CN2CCCC2)cc(Cl)n1. The highest BCUT2D eigenvalue weighted by molar-refractivity contribution is 6.29. The number of aromatic nitrogens is 1. The van der Waals surface area contributed by atoms with Gasteiger partial charge in [0.15, 0.2) is 0 Å². The number of nitrogens with one attached hydrogen (secondary N) is 2. The lowest BCUT2D eigenvalue weighted by atomic mass is 10.1. The summed E-state index contributed by atoms with van der Waals surface area (Å²) >= 11 is 5.91. The predicted molar refractivity (Wildman–Crippen MR) is 86.0 cm³/mol. The largest absolute Gasteiger partial charge is 0.373 e. The third kappa shape index (κ3) is 4.86. The van der Waals surface area contributed by atoms with Crippen LogP contribution in [-0.4, -0.2) is 49.0 Å². The number of halogens is 1. The molecule has 2 N–H and O–H groups in total. The van der Waals surface area contributed by atoms with Gasteiger partial charge in [-0.2, -0.15) is 0 Å². The number of anilines is 1. The number of carbonyl (C=O) groups is 1. The van der Waals surface area contributed by atoms with Crippen LogP contribution in [0, 0.1) is 5.92 Å². The molecule has 1 aliphatic heterocycles. The first-order valence-corrected chi connectivity index (χ1v) is 7.82. The molecule has 5 nitrogen and oxygen atoms in total. The van der Waals surface area contributed by atoms with Crippen LogP contribution in [0.15, 0.2) is 12.1 Å². The normalized spacial score (nSPS) is 16.7. The van der Waals surface area contributed by atoms with Gasteiger partial charge in [-0.3, -0.25) is 4.79 Å². The van der Waals surface area contributed by atoms with E-state index in [1.165, 1.54) is 25.9 Å². The molecule has 0 aromatic carbocycles. The van der Waals surface area contributed by atoms with Crippen molar-refractivity contribution in [3.05, 3.63) is 22.8 Å². The van der Waals surface area contributed by atoms with E-state index in [1.54, 1.807) is 19.2 Å². The Hall–Kier alpha value is -1.33. The minimum atomic E-state index is -0.107. The van der Waals surface area contributed by atoms with Crippen molar-refractivity contribution in [3.63, 3.8) is 0 Å². The number of carbonyl (C=O) groups excluding carboxylic acids is 1. The average Bonchev–Trinajstić information content (AvgIpc) is 2.96. The van der Waals surface area contributed by atoms with E-state index < -0.39 is 0 Å². The molecule has 0 aliphatic carbocycles. The van der Waals surface area contributed by atoms with Gasteiger partial charge >= 0.3 is 0 Å². The Morgan fingerprint density at radius 2 is 2.14 bits per heavy atom. The van der Waals surface area contributed by atoms with Gasteiger partial charge in [0.05, 0.1) is 0 Å². The van der Waals surface area contributed by atoms with Crippen molar-refractivity contribution in [3.8, 4) is 0 Å². The Balaban J connectivity index is 1.84. The van der Waals surface area contributed by atoms with E-state index in [9.17, 15) is 4.79 Å². The minimum Gasteiger partial charge on any atom is -0.373 e. The van der Waals surface area contributed by atoms with Gasteiger partial charge in [0.2, 0.25) is 0 Å². The Morgan fingerprint density at radius 3 is 2.81 bits per heavy atom. The van der Waals surface area contributed by atoms with Crippen LogP contribution in [0.3, 0.4) is 0 Å². The Morgan fingerprint density at radius 1 is 1.43 bits per heavy atom. The molecule has 1 amide bonds. The van der Waals surface area contributed by atoms with Crippen LogP contribution >= 0.6 is 11.6 Å². The van der Waals surface area contributed by atoms with E-state index in [2.05, 4.69) is 27.4 Å². The summed E-state index contributed by atoms with van der Waals surface area (Å²) in [5.74, 6) is 0.926. The van der Waals surface area contributed by atoms with Gasteiger partial charge in [-0.15, -0.1) is 0 Å². The van der Waals surface area contributed by atoms with Crippen LogP contribution in [0.1, 0.15) is 30.1 Å². The lowest BCUT2D eigenvalue weighted by Gasteiger charge is -2.20. The fourth-order valence-corrected chi connectivity index (χ4v) is 2.80. The monoisotopic (exact) mass is 310 g/mol. The Bertz CT molecular complexity index is 489. The molecular formula is C15H23ClN4O. The summed E-state index contributed by atoms with van der Waals surface area (Å²) in [6, 6.07) is 3.29. The predicted octanol–water partition coefficient (Wildman–Crippen LogP) is 2.24. The molecule has 2 rings (SSSR count). The van der Waals surface area contributed by atoms with Crippen LogP contribution in [0.2, 0.25) is 5.15 Å². The zero-order valence-corrected chi connectivity index (χ0v) is 13.4. The second-order valence-electron chi connectivity index (χ2n) is 5.64. The molecule has 6 heteroatoms. The van der Waals surface area contributed by atoms with E-state index in [1.807, 2.05) is 0 Å². The molecule has 21 heavy (non-hydrogen) atoms. The fraction of sp³-hybridized carbons (Fsp3) is 0.600. The number of nitrogens with zero attached hydrogens (tertiary/aromatic N) is 2. The van der Waals surface area contributed by atoms with Crippen molar-refractivity contribution in [1.82, 2.24) is 15.2 Å². The number of likely N-dealkylation sites (tertiary alicyclic amines) is 1. The maximum atomic E-state index is 12.2. The maximum absolute atomic E-state index is 12.2. The summed E-state index contributed by atoms with van der Waals surface area (Å²) in [7, 11) is 1.75. The van der Waals surface area contributed by atoms with Gasteiger partial charge < -0.3 is 15.5 Å². The van der Waals surface area contributed by atoms with Gasteiger partial charge in [-0.05, 0) is 44.0 Å². The zero-order chi connectivity index (χ0) is 15.2. The van der Waals surface area contributed by atoms with E-state index in [-0.39, 0.29) is 5.91 Å². The van der Waals surface area contributed by atoms with Gasteiger partial charge in [0.1, 0.15) is 11.0 Å². The first kappa shape index (κ1) is 16.0. The molecule has 0 bridgehead atoms. The molecule has 1 aromatic heterocycles. The molecule has 1 aromatic rings. The van der Waals surface area contributed by atoms with Gasteiger partial charge in [-0.25, -0.2) is 4.98 Å². The number of amides is 1. The highest BCUT2D eigenvalue weighted by Crippen LogP contribution is 2.14. The number of hydrogen-bond donors (Lipinski definition) is 2. The minimum absolute atomic E-state index is 0.107. The first-order valence-electron chi connectivity index (χ1n) is 7.44. The third-order valence-corrected chi connectivity index (χ3v) is 3.89. The smallest absolute Gasteiger partial charge is 0.251 e. The highest BCUT2D eigenvalue weighted by Gasteiger charge is 2.16. The summed E-state index contributed by atoms with van der Waals surface area (Å²) in [6.45, 7) is 6.24. The van der Waals surface area contributed by atoms with Gasteiger partial charge in [0, 0.05) is 25.7 Å². The van der Waals surface area contributed by atoms with Crippen LogP contribution in [0.25, 0.3) is 0 Å². The van der Waals surface area contributed by atoms with E-state index >= 15 is 0 Å². The number of pyridine rings is 1. The lowest BCUT2D eigenvalue weighted by Crippen LogP contribution is -2.34. The van der Waals surface area contributed by atoms with Crippen molar-refractivity contribution in [2.45, 2.75) is 19.8 Å².